The topological polar surface area (TPSA) is 51.0 Å². The van der Waals surface area contributed by atoms with Gasteiger partial charge in [0, 0.05) is 18.9 Å². The van der Waals surface area contributed by atoms with E-state index in [-0.39, 0.29) is 5.82 Å². The summed E-state index contributed by atoms with van der Waals surface area (Å²) in [5, 5.41) is 7.51. The van der Waals surface area contributed by atoms with E-state index in [2.05, 4.69) is 22.4 Å². The molecule has 0 amide bonds. The van der Waals surface area contributed by atoms with Crippen LogP contribution in [0.4, 0.5) is 4.39 Å². The van der Waals surface area contributed by atoms with Gasteiger partial charge in [0.05, 0.1) is 0 Å². The average Bonchev–Trinajstić information content (AvgIpc) is 3.23. The zero-order valence-electron chi connectivity index (χ0n) is 12.2. The van der Waals surface area contributed by atoms with E-state index < -0.39 is 0 Å². The van der Waals surface area contributed by atoms with Crippen LogP contribution in [0.15, 0.2) is 28.8 Å². The highest BCUT2D eigenvalue weighted by Gasteiger charge is 2.31. The van der Waals surface area contributed by atoms with Gasteiger partial charge in [-0.2, -0.15) is 4.98 Å². The first-order chi connectivity index (χ1) is 10.2. The first kappa shape index (κ1) is 14.2. The molecule has 1 heterocycles. The Morgan fingerprint density at radius 2 is 2.10 bits per heavy atom. The highest BCUT2D eigenvalue weighted by molar-refractivity contribution is 5.19. The number of benzene rings is 1. The molecule has 1 aromatic carbocycles. The lowest BCUT2D eigenvalue weighted by molar-refractivity contribution is 0.345. The second-order valence-corrected chi connectivity index (χ2v) is 5.61. The smallest absolute Gasteiger partial charge is 0.228 e. The van der Waals surface area contributed by atoms with Gasteiger partial charge in [-0.25, -0.2) is 4.39 Å². The Bertz CT molecular complexity index is 577. The maximum Gasteiger partial charge on any atom is 0.228 e. The molecule has 21 heavy (non-hydrogen) atoms. The van der Waals surface area contributed by atoms with Crippen molar-refractivity contribution in [2.45, 2.75) is 38.6 Å². The number of halogens is 1. The van der Waals surface area contributed by atoms with E-state index in [0.29, 0.717) is 24.2 Å². The molecule has 112 valence electrons. The van der Waals surface area contributed by atoms with Crippen molar-refractivity contribution in [3.05, 3.63) is 47.4 Å². The summed E-state index contributed by atoms with van der Waals surface area (Å²) in [6.07, 6.45) is 3.93. The molecule has 0 bridgehead atoms. The molecule has 1 atom stereocenters. The number of aromatic nitrogens is 2. The van der Waals surface area contributed by atoms with Gasteiger partial charge in [-0.15, -0.1) is 0 Å². The normalized spacial score (nSPS) is 16.1. The zero-order valence-corrected chi connectivity index (χ0v) is 12.2. The molecule has 1 N–H and O–H groups in total. The minimum Gasteiger partial charge on any atom is -0.339 e. The van der Waals surface area contributed by atoms with Gasteiger partial charge >= 0.3 is 0 Å². The Balaban J connectivity index is 1.61. The van der Waals surface area contributed by atoms with E-state index in [1.54, 1.807) is 12.1 Å². The van der Waals surface area contributed by atoms with Crippen LogP contribution >= 0.6 is 0 Å². The van der Waals surface area contributed by atoms with Crippen molar-refractivity contribution >= 4 is 0 Å². The Hall–Kier alpha value is -1.75. The molecular weight excluding hydrogens is 269 g/mol. The monoisotopic (exact) mass is 289 g/mol. The number of nitrogens with zero attached hydrogens (tertiary/aromatic N) is 2. The van der Waals surface area contributed by atoms with Crippen molar-refractivity contribution in [3.63, 3.8) is 0 Å². The van der Waals surface area contributed by atoms with Gasteiger partial charge < -0.3 is 9.84 Å². The van der Waals surface area contributed by atoms with Crippen LogP contribution in [-0.4, -0.2) is 22.7 Å². The lowest BCUT2D eigenvalue weighted by atomic mass is 10.1. The van der Waals surface area contributed by atoms with Crippen LogP contribution in [0.3, 0.4) is 0 Å². The van der Waals surface area contributed by atoms with Crippen LogP contribution in [0.1, 0.15) is 37.0 Å². The standard InChI is InChI=1S/C16H20FN3O/c1-2-18-14(12-5-6-12)10-16-19-15(20-21-16)9-11-3-7-13(17)8-4-11/h3-4,7-8,12,14,18H,2,5-6,9-10H2,1H3. The summed E-state index contributed by atoms with van der Waals surface area (Å²) >= 11 is 0. The Labute approximate surface area is 123 Å². The van der Waals surface area contributed by atoms with E-state index in [0.717, 1.165) is 24.4 Å². The summed E-state index contributed by atoms with van der Waals surface area (Å²) in [6.45, 7) is 3.07. The van der Waals surface area contributed by atoms with Crippen LogP contribution in [0, 0.1) is 11.7 Å². The van der Waals surface area contributed by atoms with Crippen LogP contribution in [0.25, 0.3) is 0 Å². The third-order valence-corrected chi connectivity index (χ3v) is 3.84. The summed E-state index contributed by atoms with van der Waals surface area (Å²) in [4.78, 5) is 4.45. The predicted octanol–water partition coefficient (Wildman–Crippen LogP) is 2.73. The van der Waals surface area contributed by atoms with Gasteiger partial charge in [0.1, 0.15) is 5.82 Å². The lowest BCUT2D eigenvalue weighted by Gasteiger charge is -2.14. The van der Waals surface area contributed by atoms with Crippen LogP contribution in [-0.2, 0) is 12.8 Å². The van der Waals surface area contributed by atoms with Gasteiger partial charge in [0.2, 0.25) is 5.89 Å². The maximum absolute atomic E-state index is 12.9. The van der Waals surface area contributed by atoms with E-state index in [4.69, 9.17) is 4.52 Å². The molecule has 1 saturated carbocycles. The molecule has 1 aliphatic carbocycles. The molecule has 0 spiro atoms. The van der Waals surface area contributed by atoms with Gasteiger partial charge in [0.15, 0.2) is 5.82 Å². The molecule has 1 unspecified atom stereocenters. The molecule has 4 nitrogen and oxygen atoms in total. The molecule has 1 aliphatic rings. The number of hydrogen-bond acceptors (Lipinski definition) is 4. The fourth-order valence-corrected chi connectivity index (χ4v) is 2.58. The average molecular weight is 289 g/mol. The van der Waals surface area contributed by atoms with Gasteiger partial charge in [-0.1, -0.05) is 24.2 Å². The third kappa shape index (κ3) is 3.88. The fraction of sp³-hybridized carbons (Fsp3) is 0.500. The SMILES string of the molecule is CCNC(Cc1nc(Cc2ccc(F)cc2)no1)C1CC1. The lowest BCUT2D eigenvalue weighted by Crippen LogP contribution is -2.33. The zero-order chi connectivity index (χ0) is 14.7. The van der Waals surface area contributed by atoms with E-state index in [1.807, 2.05) is 0 Å². The van der Waals surface area contributed by atoms with Crippen LogP contribution in [0.5, 0.6) is 0 Å². The van der Waals surface area contributed by atoms with Crippen molar-refractivity contribution in [2.24, 2.45) is 5.92 Å². The Morgan fingerprint density at radius 3 is 2.76 bits per heavy atom. The van der Waals surface area contributed by atoms with E-state index in [9.17, 15) is 4.39 Å². The van der Waals surface area contributed by atoms with Crippen molar-refractivity contribution < 1.29 is 8.91 Å². The molecule has 0 aliphatic heterocycles. The molecule has 1 aromatic heterocycles. The molecular formula is C16H20FN3O. The van der Waals surface area contributed by atoms with Crippen molar-refractivity contribution in [1.29, 1.82) is 0 Å². The maximum atomic E-state index is 12.9. The summed E-state index contributed by atoms with van der Waals surface area (Å²) < 4.78 is 18.2. The van der Waals surface area contributed by atoms with Gasteiger partial charge in [-0.3, -0.25) is 0 Å². The molecule has 0 radical (unpaired) electrons. The van der Waals surface area contributed by atoms with Crippen LogP contribution in [0.2, 0.25) is 0 Å². The molecule has 5 heteroatoms. The quantitative estimate of drug-likeness (QED) is 0.851. The van der Waals surface area contributed by atoms with Crippen molar-refractivity contribution in [1.82, 2.24) is 15.5 Å². The summed E-state index contributed by atoms with van der Waals surface area (Å²) in [6, 6.07) is 6.83. The minimum atomic E-state index is -0.231. The number of hydrogen-bond donors (Lipinski definition) is 1. The van der Waals surface area contributed by atoms with Crippen LogP contribution < -0.4 is 5.32 Å². The Kier molecular flexibility index (Phi) is 4.29. The first-order valence-corrected chi connectivity index (χ1v) is 7.54. The molecule has 1 fully saturated rings. The molecule has 3 rings (SSSR count). The van der Waals surface area contributed by atoms with E-state index >= 15 is 0 Å². The second kappa shape index (κ2) is 6.35. The first-order valence-electron chi connectivity index (χ1n) is 7.54. The Morgan fingerprint density at radius 1 is 1.33 bits per heavy atom. The van der Waals surface area contributed by atoms with Crippen molar-refractivity contribution in [2.75, 3.05) is 6.54 Å². The summed E-state index contributed by atoms with van der Waals surface area (Å²) in [5.41, 5.74) is 0.981. The number of nitrogens with one attached hydrogen (secondary N) is 1. The summed E-state index contributed by atoms with van der Waals surface area (Å²) in [5.74, 6) is 1.86. The summed E-state index contributed by atoms with van der Waals surface area (Å²) in [7, 11) is 0. The highest BCUT2D eigenvalue weighted by atomic mass is 19.1. The minimum absolute atomic E-state index is 0.231. The van der Waals surface area contributed by atoms with Gasteiger partial charge in [-0.05, 0) is 43.0 Å². The molecule has 0 saturated heterocycles. The number of rotatable bonds is 7. The second-order valence-electron chi connectivity index (χ2n) is 5.61. The van der Waals surface area contributed by atoms with Crippen molar-refractivity contribution in [3.8, 4) is 0 Å². The largest absolute Gasteiger partial charge is 0.339 e. The van der Waals surface area contributed by atoms with E-state index in [1.165, 1.54) is 25.0 Å². The number of likely N-dealkylation sites (N-methyl/N-ethyl adjacent to an activating group) is 1. The predicted molar refractivity (Wildman–Crippen MR) is 77.4 cm³/mol. The highest BCUT2D eigenvalue weighted by Crippen LogP contribution is 2.33. The van der Waals surface area contributed by atoms with Gasteiger partial charge in [0.25, 0.3) is 0 Å². The third-order valence-electron chi connectivity index (χ3n) is 3.84. The molecule has 2 aromatic rings. The fourth-order valence-electron chi connectivity index (χ4n) is 2.58.